The van der Waals surface area contributed by atoms with Crippen LogP contribution in [0, 0.1) is 0 Å². The number of β-amino-alcohol motifs (C(OH)–C–C–N with tert-alkyl or cyclic N) is 1. The molecule has 3 aliphatic rings. The molecular weight excluding hydrogens is 685 g/mol. The minimum atomic E-state index is -4.63. The first kappa shape index (κ1) is 36.4. The molecule has 11 nitrogen and oxygen atoms in total. The number of aliphatic hydroxyl groups is 2. The predicted molar refractivity (Wildman–Crippen MR) is 174 cm³/mol. The number of ether oxygens (including phenoxy) is 1. The van der Waals surface area contributed by atoms with E-state index in [9.17, 15) is 37.0 Å². The van der Waals surface area contributed by atoms with Crippen LogP contribution in [-0.2, 0) is 30.5 Å². The van der Waals surface area contributed by atoms with Crippen LogP contribution in [0.15, 0.2) is 41.6 Å². The highest BCUT2D eigenvalue weighted by Crippen LogP contribution is 2.40. The second-order valence-corrected chi connectivity index (χ2v) is 14.1. The number of benzene rings is 1. The van der Waals surface area contributed by atoms with E-state index in [1.54, 1.807) is 28.0 Å². The Balaban J connectivity index is 1.18. The molecule has 17 heteroatoms. The third-order valence-corrected chi connectivity index (χ3v) is 10.3. The Bertz CT molecular complexity index is 1620. The van der Waals surface area contributed by atoms with Crippen LogP contribution < -0.4 is 4.74 Å². The molecule has 0 saturated carbocycles. The van der Waals surface area contributed by atoms with Crippen molar-refractivity contribution >= 4 is 17.7 Å². The summed E-state index contributed by atoms with van der Waals surface area (Å²) in [6.07, 6.45) is -0.651. The number of hydrogen-bond acceptors (Lipinski definition) is 10. The van der Waals surface area contributed by atoms with Gasteiger partial charge < -0.3 is 24.7 Å². The summed E-state index contributed by atoms with van der Waals surface area (Å²) in [6, 6.07) is 5.80. The lowest BCUT2D eigenvalue weighted by Gasteiger charge is -2.33. The van der Waals surface area contributed by atoms with Crippen molar-refractivity contribution in [3.05, 3.63) is 53.5 Å². The molecule has 6 rings (SSSR count). The Labute approximate surface area is 290 Å². The number of halogens is 5. The van der Waals surface area contributed by atoms with E-state index in [-0.39, 0.29) is 49.4 Å². The maximum absolute atomic E-state index is 14.1. The van der Waals surface area contributed by atoms with Crippen molar-refractivity contribution in [3.63, 3.8) is 0 Å². The van der Waals surface area contributed by atoms with Gasteiger partial charge in [-0.25, -0.2) is 18.7 Å². The van der Waals surface area contributed by atoms with Gasteiger partial charge in [0.2, 0.25) is 5.91 Å². The van der Waals surface area contributed by atoms with Crippen LogP contribution in [0.5, 0.6) is 6.01 Å². The number of carbonyl (C=O) groups is 1. The first-order valence-corrected chi connectivity index (χ1v) is 17.6. The molecule has 0 aliphatic carbocycles. The van der Waals surface area contributed by atoms with Crippen LogP contribution in [0.25, 0.3) is 11.3 Å². The number of alkyl halides is 5. The highest BCUT2D eigenvalue weighted by atomic mass is 32.2. The molecule has 1 aromatic carbocycles. The van der Waals surface area contributed by atoms with E-state index < -0.39 is 42.8 Å². The average Bonchev–Trinajstić information content (AvgIpc) is 3.63. The van der Waals surface area contributed by atoms with Crippen LogP contribution in [0.2, 0.25) is 0 Å². The molecule has 1 unspecified atom stereocenters. The van der Waals surface area contributed by atoms with Gasteiger partial charge in [-0.15, -0.1) is 11.8 Å². The largest absolute Gasteiger partial charge is 0.460 e. The van der Waals surface area contributed by atoms with Crippen molar-refractivity contribution < 1.29 is 41.7 Å². The van der Waals surface area contributed by atoms with Crippen LogP contribution in [0.3, 0.4) is 0 Å². The maximum atomic E-state index is 14.1. The summed E-state index contributed by atoms with van der Waals surface area (Å²) in [7, 11) is 0. The number of nitrogens with zero attached hydrogens (tertiary/aromatic N) is 7. The second kappa shape index (κ2) is 15.5. The van der Waals surface area contributed by atoms with Gasteiger partial charge in [0.15, 0.2) is 0 Å². The Morgan fingerprint density at radius 2 is 1.84 bits per heavy atom. The molecule has 2 saturated heterocycles. The zero-order valence-electron chi connectivity index (χ0n) is 27.4. The summed E-state index contributed by atoms with van der Waals surface area (Å²) >= 11 is 0.953. The van der Waals surface area contributed by atoms with Crippen molar-refractivity contribution in [3.8, 4) is 17.3 Å². The summed E-state index contributed by atoms with van der Waals surface area (Å²) in [6.45, 7) is 1.63. The molecule has 3 aliphatic heterocycles. The quantitative estimate of drug-likeness (QED) is 0.212. The van der Waals surface area contributed by atoms with Crippen LogP contribution in [0.1, 0.15) is 36.1 Å². The molecule has 3 aromatic rings. The SMILES string of the molecule is O=C(CO)N1CCc2c(c(-c3ccc(C(F)(F)F)c(SCCN4CCC(F)(F)C4)c3)nn2CC(O)CN2CCC(Oc3ncccn3)CC2)C1. The second-order valence-electron chi connectivity index (χ2n) is 12.9. The molecule has 2 aromatic heterocycles. The fourth-order valence-corrected chi connectivity index (χ4v) is 7.87. The van der Waals surface area contributed by atoms with Gasteiger partial charge in [-0.1, -0.05) is 6.07 Å². The molecule has 0 spiro atoms. The van der Waals surface area contributed by atoms with Crippen LogP contribution in [-0.4, -0.2) is 127 Å². The van der Waals surface area contributed by atoms with Crippen molar-refractivity contribution in [2.45, 2.75) is 68.0 Å². The molecule has 2 fully saturated rings. The number of aromatic nitrogens is 4. The van der Waals surface area contributed by atoms with Gasteiger partial charge in [-0.3, -0.25) is 14.4 Å². The van der Waals surface area contributed by atoms with Gasteiger partial charge in [-0.2, -0.15) is 18.3 Å². The number of rotatable bonds is 12. The average molecular weight is 726 g/mol. The molecule has 0 bridgehead atoms. The normalized spacial score (nSPS) is 19.5. The number of fused-ring (bicyclic) bond motifs is 1. The Kier molecular flexibility index (Phi) is 11.3. The fraction of sp³-hybridized carbons (Fsp3) is 0.576. The minimum absolute atomic E-state index is 0.0344. The summed E-state index contributed by atoms with van der Waals surface area (Å²) in [5.74, 6) is -3.08. The van der Waals surface area contributed by atoms with E-state index in [1.807, 2.05) is 0 Å². The summed E-state index contributed by atoms with van der Waals surface area (Å²) in [5.41, 5.74) is 1.37. The first-order valence-electron chi connectivity index (χ1n) is 16.6. The van der Waals surface area contributed by atoms with E-state index in [4.69, 9.17) is 9.84 Å². The zero-order valence-corrected chi connectivity index (χ0v) is 28.2. The molecule has 1 amide bonds. The van der Waals surface area contributed by atoms with Crippen molar-refractivity contribution in [2.24, 2.45) is 0 Å². The lowest BCUT2D eigenvalue weighted by atomic mass is 9.99. The van der Waals surface area contributed by atoms with Crippen molar-refractivity contribution in [1.29, 1.82) is 0 Å². The lowest BCUT2D eigenvalue weighted by molar-refractivity contribution is -0.139. The predicted octanol–water partition coefficient (Wildman–Crippen LogP) is 3.57. The van der Waals surface area contributed by atoms with Gasteiger partial charge in [0.05, 0.1) is 30.5 Å². The van der Waals surface area contributed by atoms with E-state index in [2.05, 4.69) is 14.9 Å². The maximum Gasteiger partial charge on any atom is 0.417 e. The Hall–Kier alpha value is -3.38. The van der Waals surface area contributed by atoms with Gasteiger partial charge in [0.25, 0.3) is 5.92 Å². The van der Waals surface area contributed by atoms with E-state index in [0.29, 0.717) is 55.4 Å². The summed E-state index contributed by atoms with van der Waals surface area (Å²) in [5, 5.41) is 25.5. The number of hydrogen-bond donors (Lipinski definition) is 2. The van der Waals surface area contributed by atoms with Gasteiger partial charge >= 0.3 is 12.2 Å². The fourth-order valence-electron chi connectivity index (χ4n) is 6.75. The van der Waals surface area contributed by atoms with Crippen LogP contribution in [0.4, 0.5) is 22.0 Å². The Morgan fingerprint density at radius 3 is 2.52 bits per heavy atom. The third kappa shape index (κ3) is 8.91. The number of piperidine rings is 1. The van der Waals surface area contributed by atoms with Gasteiger partial charge in [-0.05, 0) is 31.0 Å². The summed E-state index contributed by atoms with van der Waals surface area (Å²) < 4.78 is 77.1. The summed E-state index contributed by atoms with van der Waals surface area (Å²) in [4.78, 5) is 25.8. The van der Waals surface area contributed by atoms with Gasteiger partial charge in [0, 0.05) is 98.5 Å². The first-order chi connectivity index (χ1) is 23.9. The molecule has 5 heterocycles. The molecule has 50 heavy (non-hydrogen) atoms. The smallest absolute Gasteiger partial charge is 0.417 e. The molecule has 272 valence electrons. The minimum Gasteiger partial charge on any atom is -0.460 e. The third-order valence-electron chi connectivity index (χ3n) is 9.30. The number of amides is 1. The molecule has 1 atom stereocenters. The molecule has 2 N–H and O–H groups in total. The lowest BCUT2D eigenvalue weighted by Crippen LogP contribution is -2.43. The Morgan fingerprint density at radius 1 is 1.08 bits per heavy atom. The van der Waals surface area contributed by atoms with Crippen LogP contribution >= 0.6 is 11.8 Å². The van der Waals surface area contributed by atoms with E-state index >= 15 is 0 Å². The van der Waals surface area contributed by atoms with Gasteiger partial charge in [0.1, 0.15) is 12.7 Å². The number of likely N-dealkylation sites (tertiary alicyclic amines) is 2. The number of aliphatic hydroxyl groups excluding tert-OH is 2. The zero-order chi connectivity index (χ0) is 35.5. The number of thioether (sulfide) groups is 1. The standard InChI is InChI=1S/C33H40F5N7O4S/c34-32(35)7-13-43(21-32)14-15-50-28-16-22(2-3-26(28)33(36,37)38)30-25-19-44(29(48)20-46)12-6-27(25)45(41-30)18-23(47)17-42-10-4-24(5-11-42)49-31-39-8-1-9-40-31/h1-3,8-9,16,23-24,46-47H,4-7,10-15,17-21H2. The van der Waals surface area contributed by atoms with E-state index in [0.717, 1.165) is 36.4 Å². The number of carbonyl (C=O) groups excluding carboxylic acids is 1. The van der Waals surface area contributed by atoms with Crippen molar-refractivity contribution in [1.82, 2.24) is 34.4 Å². The molecular formula is C33H40F5N7O4S. The highest BCUT2D eigenvalue weighted by molar-refractivity contribution is 7.99. The van der Waals surface area contributed by atoms with Crippen molar-refractivity contribution in [2.75, 3.05) is 58.2 Å². The van der Waals surface area contributed by atoms with E-state index in [1.165, 1.54) is 17.0 Å². The topological polar surface area (TPSA) is 120 Å². The molecule has 0 radical (unpaired) electrons. The highest BCUT2D eigenvalue weighted by Gasteiger charge is 2.38. The monoisotopic (exact) mass is 725 g/mol.